The van der Waals surface area contributed by atoms with E-state index < -0.39 is 5.91 Å². The number of rotatable bonds is 5. The minimum atomic E-state index is -0.406. The van der Waals surface area contributed by atoms with Gasteiger partial charge in [0, 0.05) is 6.07 Å². The number of carbonyl (C=O) groups is 2. The molecule has 7 heteroatoms. The molecule has 2 aromatic rings. The fourth-order valence-corrected chi connectivity index (χ4v) is 6.19. The minimum Gasteiger partial charge on any atom is -0.455 e. The maximum atomic E-state index is 13.2. The molecule has 4 fully saturated rings. The number of esters is 1. The molecule has 1 amide bonds. The lowest BCUT2D eigenvalue weighted by molar-refractivity contribution is -0.172. The van der Waals surface area contributed by atoms with E-state index in [4.69, 9.17) is 4.74 Å². The van der Waals surface area contributed by atoms with Crippen LogP contribution in [0, 0.1) is 35.9 Å². The van der Waals surface area contributed by atoms with Gasteiger partial charge in [0.15, 0.2) is 6.61 Å². The van der Waals surface area contributed by atoms with Crippen LogP contribution in [0.2, 0.25) is 0 Å². The summed E-state index contributed by atoms with van der Waals surface area (Å²) in [4.78, 5) is 25.4. The van der Waals surface area contributed by atoms with Gasteiger partial charge in [-0.25, -0.2) is 9.07 Å². The van der Waals surface area contributed by atoms with Gasteiger partial charge in [-0.05, 0) is 87.5 Å². The van der Waals surface area contributed by atoms with Gasteiger partial charge in [-0.1, -0.05) is 0 Å². The maximum Gasteiger partial charge on any atom is 0.312 e. The number of hydrogen-bond acceptors (Lipinski definition) is 4. The molecule has 0 radical (unpaired) electrons. The highest BCUT2D eigenvalue weighted by Gasteiger charge is 2.55. The van der Waals surface area contributed by atoms with Crippen molar-refractivity contribution in [2.75, 3.05) is 11.9 Å². The van der Waals surface area contributed by atoms with E-state index >= 15 is 0 Å². The number of aryl methyl sites for hydroxylation is 1. The molecule has 0 saturated heterocycles. The van der Waals surface area contributed by atoms with Crippen molar-refractivity contribution in [3.05, 3.63) is 41.8 Å². The molecule has 6 nitrogen and oxygen atoms in total. The van der Waals surface area contributed by atoms with Crippen LogP contribution >= 0.6 is 0 Å². The van der Waals surface area contributed by atoms with E-state index in [-0.39, 0.29) is 23.8 Å². The van der Waals surface area contributed by atoms with Crippen molar-refractivity contribution >= 4 is 17.7 Å². The smallest absolute Gasteiger partial charge is 0.312 e. The van der Waals surface area contributed by atoms with E-state index in [1.54, 1.807) is 18.2 Å². The van der Waals surface area contributed by atoms with E-state index in [1.807, 2.05) is 6.92 Å². The minimum absolute atomic E-state index is 0.208. The van der Waals surface area contributed by atoms with E-state index in [0.29, 0.717) is 35.0 Å². The van der Waals surface area contributed by atoms with Gasteiger partial charge in [0.2, 0.25) is 0 Å². The van der Waals surface area contributed by atoms with E-state index in [2.05, 4.69) is 10.4 Å². The van der Waals surface area contributed by atoms with Gasteiger partial charge >= 0.3 is 5.97 Å². The van der Waals surface area contributed by atoms with Crippen LogP contribution in [0.3, 0.4) is 0 Å². The van der Waals surface area contributed by atoms with Crippen molar-refractivity contribution in [1.82, 2.24) is 9.78 Å². The van der Waals surface area contributed by atoms with Crippen LogP contribution in [-0.4, -0.2) is 28.3 Å². The molecule has 4 bridgehead atoms. The van der Waals surface area contributed by atoms with Crippen molar-refractivity contribution < 1.29 is 18.7 Å². The van der Waals surface area contributed by atoms with Crippen molar-refractivity contribution in [2.24, 2.45) is 23.2 Å². The Hall–Kier alpha value is -2.70. The maximum absolute atomic E-state index is 13.2. The lowest BCUT2D eigenvalue weighted by atomic mass is 9.49. The fourth-order valence-electron chi connectivity index (χ4n) is 6.19. The summed E-state index contributed by atoms with van der Waals surface area (Å²) >= 11 is 0. The Morgan fingerprint density at radius 2 is 1.73 bits per heavy atom. The summed E-state index contributed by atoms with van der Waals surface area (Å²) in [5.74, 6) is 1.43. The molecule has 4 aliphatic carbocycles. The number of benzene rings is 1. The lowest BCUT2D eigenvalue weighted by Crippen LogP contribution is -2.50. The molecule has 1 N–H and O–H groups in total. The number of nitrogens with one attached hydrogen (secondary N) is 1. The predicted molar refractivity (Wildman–Crippen MR) is 108 cm³/mol. The van der Waals surface area contributed by atoms with Gasteiger partial charge in [0.1, 0.15) is 11.6 Å². The summed E-state index contributed by atoms with van der Waals surface area (Å²) in [6.45, 7) is 1.50. The van der Waals surface area contributed by atoms with Gasteiger partial charge in [-0.15, -0.1) is 0 Å². The zero-order chi connectivity index (χ0) is 20.9. The third kappa shape index (κ3) is 3.50. The number of halogens is 1. The van der Waals surface area contributed by atoms with Gasteiger partial charge in [0.05, 0.1) is 16.8 Å². The first-order valence-corrected chi connectivity index (χ1v) is 10.7. The third-order valence-electron chi connectivity index (χ3n) is 6.98. The van der Waals surface area contributed by atoms with Gasteiger partial charge in [-0.3, -0.25) is 9.59 Å². The number of aromatic nitrogens is 2. The van der Waals surface area contributed by atoms with Crippen LogP contribution in [-0.2, 0) is 14.3 Å². The molecule has 158 valence electrons. The number of carbonyl (C=O) groups excluding carboxylic acids is 2. The molecule has 1 aromatic heterocycles. The van der Waals surface area contributed by atoms with E-state index in [9.17, 15) is 14.0 Å². The summed E-state index contributed by atoms with van der Waals surface area (Å²) in [7, 11) is 0. The Morgan fingerprint density at radius 1 is 1.13 bits per heavy atom. The molecule has 4 saturated carbocycles. The van der Waals surface area contributed by atoms with Crippen molar-refractivity contribution in [1.29, 1.82) is 0 Å². The van der Waals surface area contributed by atoms with E-state index in [1.165, 1.54) is 36.1 Å². The third-order valence-corrected chi connectivity index (χ3v) is 6.98. The summed E-state index contributed by atoms with van der Waals surface area (Å²) in [6.07, 6.45) is 6.49. The second-order valence-corrected chi connectivity index (χ2v) is 9.38. The summed E-state index contributed by atoms with van der Waals surface area (Å²) in [5.41, 5.74) is 0.965. The van der Waals surface area contributed by atoms with Crippen molar-refractivity contribution in [2.45, 2.75) is 45.4 Å². The zero-order valence-electron chi connectivity index (χ0n) is 17.1. The zero-order valence-corrected chi connectivity index (χ0v) is 17.1. The molecule has 4 aliphatic rings. The molecule has 0 aliphatic heterocycles. The monoisotopic (exact) mass is 411 g/mol. The Morgan fingerprint density at radius 3 is 2.33 bits per heavy atom. The lowest BCUT2D eigenvalue weighted by Gasteiger charge is -2.55. The van der Waals surface area contributed by atoms with Gasteiger partial charge < -0.3 is 10.1 Å². The average Bonchev–Trinajstić information content (AvgIpc) is 3.05. The molecular formula is C23H26FN3O3. The molecule has 1 heterocycles. The highest BCUT2D eigenvalue weighted by Crippen LogP contribution is 2.60. The molecule has 1 aromatic carbocycles. The largest absolute Gasteiger partial charge is 0.455 e. The van der Waals surface area contributed by atoms with Crippen LogP contribution < -0.4 is 5.32 Å². The highest BCUT2D eigenvalue weighted by molar-refractivity contribution is 5.92. The quantitative estimate of drug-likeness (QED) is 0.755. The van der Waals surface area contributed by atoms with Crippen LogP contribution in [0.15, 0.2) is 30.3 Å². The van der Waals surface area contributed by atoms with Crippen LogP contribution in [0.1, 0.15) is 44.2 Å². The fraction of sp³-hybridized carbons (Fsp3) is 0.522. The average molecular weight is 411 g/mol. The number of hydrogen-bond donors (Lipinski definition) is 1. The summed E-state index contributed by atoms with van der Waals surface area (Å²) < 4.78 is 20.2. The van der Waals surface area contributed by atoms with Crippen LogP contribution in [0.25, 0.3) is 5.69 Å². The second-order valence-electron chi connectivity index (χ2n) is 9.38. The number of anilines is 1. The van der Waals surface area contributed by atoms with Crippen LogP contribution in [0.5, 0.6) is 0 Å². The molecule has 0 unspecified atom stereocenters. The first kappa shape index (κ1) is 19.3. The second kappa shape index (κ2) is 7.22. The Labute approximate surface area is 174 Å². The van der Waals surface area contributed by atoms with E-state index in [0.717, 1.165) is 19.3 Å². The van der Waals surface area contributed by atoms with Crippen molar-refractivity contribution in [3.8, 4) is 5.69 Å². The molecule has 30 heavy (non-hydrogen) atoms. The number of nitrogens with zero attached hydrogens (tertiary/aromatic N) is 2. The summed E-state index contributed by atoms with van der Waals surface area (Å²) in [6, 6.07) is 7.58. The first-order valence-electron chi connectivity index (χ1n) is 10.7. The topological polar surface area (TPSA) is 73.2 Å². The summed E-state index contributed by atoms with van der Waals surface area (Å²) in [5, 5.41) is 7.12. The molecule has 0 spiro atoms. The van der Waals surface area contributed by atoms with Crippen LogP contribution in [0.4, 0.5) is 10.2 Å². The molecule has 0 atom stereocenters. The Balaban J connectivity index is 1.23. The first-order chi connectivity index (χ1) is 14.4. The van der Waals surface area contributed by atoms with Gasteiger partial charge in [0.25, 0.3) is 5.91 Å². The molecular weight excluding hydrogens is 385 g/mol. The van der Waals surface area contributed by atoms with Gasteiger partial charge in [-0.2, -0.15) is 5.10 Å². The molecule has 6 rings (SSSR count). The van der Waals surface area contributed by atoms with Crippen molar-refractivity contribution in [3.63, 3.8) is 0 Å². The standard InChI is InChI=1S/C23H26FN3O3/c1-14-6-20(27(26-14)19-4-2-18(24)3-5-19)25-21(28)13-30-22(29)23-10-15-7-16(11-23)9-17(8-15)12-23/h2-6,15-17H,7-13H2,1H3,(H,25,28). The Bertz CT molecular complexity index is 947. The number of ether oxygens (including phenoxy) is 1. The Kier molecular flexibility index (Phi) is 4.64. The highest BCUT2D eigenvalue weighted by atomic mass is 19.1. The predicted octanol–water partition coefficient (Wildman–Crippen LogP) is 4.02. The normalized spacial score (nSPS) is 29.1. The SMILES string of the molecule is Cc1cc(NC(=O)COC(=O)C23CC4CC(CC(C4)C2)C3)n(-c2ccc(F)cc2)n1. The number of amides is 1.